The minimum atomic E-state index is -2.32. The predicted molar refractivity (Wildman–Crippen MR) is 222 cm³/mol. The predicted octanol–water partition coefficient (Wildman–Crippen LogP) is 5.08. The molecule has 0 spiro atoms. The number of amides is 1. The van der Waals surface area contributed by atoms with Gasteiger partial charge in [0.05, 0.1) is 41.3 Å². The minimum absolute atomic E-state index is 0.00140. The maximum absolute atomic E-state index is 15.5. The van der Waals surface area contributed by atoms with E-state index in [4.69, 9.17) is 28.4 Å². The zero-order valence-corrected chi connectivity index (χ0v) is 37.3. The van der Waals surface area contributed by atoms with Crippen molar-refractivity contribution < 1.29 is 67.7 Å². The van der Waals surface area contributed by atoms with Gasteiger partial charge >= 0.3 is 24.0 Å². The molecule has 15 heteroatoms. The van der Waals surface area contributed by atoms with Gasteiger partial charge in [-0.1, -0.05) is 62.4 Å². The molecule has 62 heavy (non-hydrogen) atoms. The number of ether oxygens (including phenoxy) is 6. The van der Waals surface area contributed by atoms with Gasteiger partial charge in [-0.3, -0.25) is 9.59 Å². The molecule has 1 heterocycles. The number of hydrogen-bond acceptors (Lipinski definition) is 14. The lowest BCUT2D eigenvalue weighted by atomic mass is 9.44. The van der Waals surface area contributed by atoms with Crippen LogP contribution in [0.3, 0.4) is 0 Å². The molecule has 2 aromatic carbocycles. The van der Waals surface area contributed by atoms with Crippen molar-refractivity contribution in [1.82, 2.24) is 5.32 Å². The first-order valence-corrected chi connectivity index (χ1v) is 21.0. The molecule has 1 saturated heterocycles. The summed E-state index contributed by atoms with van der Waals surface area (Å²) < 4.78 is 36.9. The normalized spacial score (nSPS) is 32.6. The van der Waals surface area contributed by atoms with Crippen molar-refractivity contribution in [2.24, 2.45) is 16.7 Å². The summed E-state index contributed by atoms with van der Waals surface area (Å²) in [4.78, 5) is 70.2. The Kier molecular flexibility index (Phi) is 12.4. The third-order valence-electron chi connectivity index (χ3n) is 13.0. The number of benzene rings is 2. The summed E-state index contributed by atoms with van der Waals surface area (Å²) in [7, 11) is 0. The number of ketones is 1. The van der Waals surface area contributed by atoms with Crippen LogP contribution in [0.1, 0.15) is 111 Å². The van der Waals surface area contributed by atoms with E-state index in [-0.39, 0.29) is 29.7 Å². The van der Waals surface area contributed by atoms with Crippen molar-refractivity contribution in [1.29, 1.82) is 0 Å². The van der Waals surface area contributed by atoms with Crippen LogP contribution < -0.4 is 5.32 Å². The quantitative estimate of drug-likeness (QED) is 0.147. The molecule has 3 aliphatic carbocycles. The molecular weight excluding hydrogens is 803 g/mol. The molecular formula is C47H61NO14. The van der Waals surface area contributed by atoms with Gasteiger partial charge < -0.3 is 49.1 Å². The highest BCUT2D eigenvalue weighted by Crippen LogP contribution is 2.65. The van der Waals surface area contributed by atoms with Crippen LogP contribution in [0.5, 0.6) is 0 Å². The van der Waals surface area contributed by atoms with E-state index in [2.05, 4.69) is 5.32 Å². The van der Waals surface area contributed by atoms with Crippen molar-refractivity contribution >= 4 is 29.8 Å². The number of nitrogens with one attached hydrogen (secondary N) is 1. The number of aliphatic hydroxyl groups excluding tert-OH is 2. The molecule has 338 valence electrons. The number of carbonyl (C=O) groups excluding carboxylic acids is 5. The zero-order chi connectivity index (χ0) is 46.0. The summed E-state index contributed by atoms with van der Waals surface area (Å²) in [6, 6.07) is 14.9. The SMILES string of the molecule is CC(=O)O[C@@]12CO[C@@H]1C[C@H](OC(C)(C)C)[C@@]1(C)C(=O)[C@H](O)C3=C(C)[C@@H](OC(=O)[C@H](O)[C@@H](NC(=O)OC(C)(C)C)c4ccccc4)C[C@@](O)([C@@H](OC(=O)c4ccccc4)[C@H]21)C3(C)C. The summed E-state index contributed by atoms with van der Waals surface area (Å²) in [5, 5.41) is 40.5. The molecule has 2 aromatic rings. The van der Waals surface area contributed by atoms with Gasteiger partial charge in [0, 0.05) is 25.2 Å². The van der Waals surface area contributed by atoms with E-state index in [0.717, 1.165) is 0 Å². The molecule has 2 bridgehead atoms. The van der Waals surface area contributed by atoms with E-state index < -0.39 is 118 Å². The molecule has 4 aliphatic rings. The Balaban J connectivity index is 1.53. The second-order valence-electron chi connectivity index (χ2n) is 19.8. The maximum atomic E-state index is 15.5. The third-order valence-corrected chi connectivity index (χ3v) is 13.0. The van der Waals surface area contributed by atoms with E-state index in [1.807, 2.05) is 0 Å². The second-order valence-corrected chi connectivity index (χ2v) is 19.8. The Bertz CT molecular complexity index is 2090. The first-order valence-electron chi connectivity index (χ1n) is 21.0. The molecule has 4 N–H and O–H groups in total. The standard InChI is InChI=1S/C47H61NO14/c1-25-29(58-40(54)35(51)33(27-18-14-12-15-19-27)48-41(55)62-43(6,7)8)23-47(56)38(59-39(53)28-20-16-13-17-21-28)36-45(11,37(52)34(50)32(25)44(47,9)10)30(61-42(3,4)5)22-31-46(36,24-57-31)60-26(2)49/h12-21,29-31,33-36,38,50-51,56H,22-24H2,1-11H3,(H,48,55)/t29-,30-,31+,33-,34+,35+,36-,38-,45+,46-,47+/m0/s1. The molecule has 0 aromatic heterocycles. The number of carbonyl (C=O) groups is 5. The lowest BCUT2D eigenvalue weighted by Crippen LogP contribution is -2.82. The van der Waals surface area contributed by atoms with Crippen LogP contribution in [0.4, 0.5) is 4.79 Å². The number of hydrogen-bond donors (Lipinski definition) is 4. The highest BCUT2D eigenvalue weighted by molar-refractivity contribution is 5.94. The fraction of sp³-hybridized carbons (Fsp3) is 0.596. The number of aliphatic hydroxyl groups is 3. The Morgan fingerprint density at radius 2 is 1.50 bits per heavy atom. The Labute approximate surface area is 362 Å². The van der Waals surface area contributed by atoms with E-state index in [1.165, 1.54) is 19.1 Å². The first kappa shape index (κ1) is 46.8. The van der Waals surface area contributed by atoms with Crippen LogP contribution in [0, 0.1) is 16.7 Å². The topological polar surface area (TPSA) is 213 Å². The summed E-state index contributed by atoms with van der Waals surface area (Å²) >= 11 is 0. The number of fused-ring (bicyclic) bond motifs is 5. The average molecular weight is 864 g/mol. The molecule has 1 aliphatic heterocycles. The van der Waals surface area contributed by atoms with Gasteiger partial charge in [-0.05, 0) is 84.2 Å². The van der Waals surface area contributed by atoms with Gasteiger partial charge in [0.1, 0.15) is 35.6 Å². The van der Waals surface area contributed by atoms with Crippen molar-refractivity contribution in [2.75, 3.05) is 6.61 Å². The van der Waals surface area contributed by atoms with Crippen molar-refractivity contribution in [3.05, 3.63) is 82.9 Å². The fourth-order valence-electron chi connectivity index (χ4n) is 10.1. The Hall–Kier alpha value is -4.67. The summed E-state index contributed by atoms with van der Waals surface area (Å²) in [5.74, 6) is -5.00. The highest BCUT2D eigenvalue weighted by atomic mass is 16.6. The second kappa shape index (κ2) is 16.5. The first-order chi connectivity index (χ1) is 28.7. The van der Waals surface area contributed by atoms with Gasteiger partial charge in [-0.25, -0.2) is 14.4 Å². The molecule has 2 saturated carbocycles. The number of rotatable bonds is 9. The van der Waals surface area contributed by atoms with Crippen LogP contribution in [0.15, 0.2) is 71.8 Å². The molecule has 11 atom stereocenters. The number of alkyl carbamates (subject to hydrolysis) is 1. The van der Waals surface area contributed by atoms with E-state index in [1.54, 1.807) is 118 Å². The fourth-order valence-corrected chi connectivity index (χ4v) is 10.1. The van der Waals surface area contributed by atoms with Gasteiger partial charge in [-0.15, -0.1) is 0 Å². The van der Waals surface area contributed by atoms with Crippen LogP contribution in [-0.4, -0.2) is 111 Å². The Morgan fingerprint density at radius 3 is 2.03 bits per heavy atom. The van der Waals surface area contributed by atoms with Crippen LogP contribution in [0.2, 0.25) is 0 Å². The van der Waals surface area contributed by atoms with Gasteiger partial charge in [0.2, 0.25) is 0 Å². The van der Waals surface area contributed by atoms with Gasteiger partial charge in [0.15, 0.2) is 17.5 Å². The van der Waals surface area contributed by atoms with E-state index in [0.29, 0.717) is 5.56 Å². The summed E-state index contributed by atoms with van der Waals surface area (Å²) in [6.07, 6.45) is -10.4. The van der Waals surface area contributed by atoms with Gasteiger partial charge in [-0.2, -0.15) is 0 Å². The largest absolute Gasteiger partial charge is 0.456 e. The number of Topliss-reactive ketones (excluding diaryl/α,β-unsaturated/α-hetero) is 1. The monoisotopic (exact) mass is 863 g/mol. The van der Waals surface area contributed by atoms with Crippen molar-refractivity contribution in [2.45, 2.75) is 154 Å². The lowest BCUT2D eigenvalue weighted by molar-refractivity contribution is -0.353. The summed E-state index contributed by atoms with van der Waals surface area (Å²) in [5.41, 5.74) is -8.54. The average Bonchev–Trinajstić information content (AvgIpc) is 3.17. The van der Waals surface area contributed by atoms with Crippen molar-refractivity contribution in [3.8, 4) is 0 Å². The third kappa shape index (κ3) is 8.29. The zero-order valence-electron chi connectivity index (χ0n) is 37.3. The van der Waals surface area contributed by atoms with E-state index in [9.17, 15) is 34.5 Å². The smallest absolute Gasteiger partial charge is 0.408 e. The molecule has 0 radical (unpaired) electrons. The molecule has 0 unspecified atom stereocenters. The van der Waals surface area contributed by atoms with Gasteiger partial charge in [0.25, 0.3) is 0 Å². The lowest BCUT2D eigenvalue weighted by Gasteiger charge is -2.68. The minimum Gasteiger partial charge on any atom is -0.456 e. The van der Waals surface area contributed by atoms with Crippen LogP contribution in [-0.2, 0) is 42.8 Å². The summed E-state index contributed by atoms with van der Waals surface area (Å²) in [6.45, 7) is 17.7. The van der Waals surface area contributed by atoms with Crippen LogP contribution in [0.25, 0.3) is 0 Å². The molecule has 1 amide bonds. The van der Waals surface area contributed by atoms with Crippen molar-refractivity contribution in [3.63, 3.8) is 0 Å². The molecule has 6 rings (SSSR count). The number of esters is 3. The van der Waals surface area contributed by atoms with Crippen LogP contribution >= 0.6 is 0 Å². The maximum Gasteiger partial charge on any atom is 0.408 e. The molecule has 15 nitrogen and oxygen atoms in total. The highest BCUT2D eigenvalue weighted by Gasteiger charge is 2.78. The Morgan fingerprint density at radius 1 is 0.903 bits per heavy atom. The molecule has 3 fully saturated rings. The van der Waals surface area contributed by atoms with E-state index >= 15 is 4.79 Å².